The summed E-state index contributed by atoms with van der Waals surface area (Å²) in [6, 6.07) is 0.522. The fourth-order valence-corrected chi connectivity index (χ4v) is 3.56. The lowest BCUT2D eigenvalue weighted by molar-refractivity contribution is 0.0572. The van der Waals surface area contributed by atoms with Crippen LogP contribution in [0, 0.1) is 5.41 Å². The van der Waals surface area contributed by atoms with Crippen LogP contribution in [-0.2, 0) is 0 Å². The Morgan fingerprint density at radius 2 is 1.68 bits per heavy atom. The van der Waals surface area contributed by atoms with Crippen LogP contribution < -0.4 is 5.32 Å². The molecule has 2 rings (SSSR count). The van der Waals surface area contributed by atoms with Gasteiger partial charge in [0.05, 0.1) is 12.2 Å². The van der Waals surface area contributed by atoms with Crippen LogP contribution >= 0.6 is 0 Å². The molecule has 0 aromatic rings. The van der Waals surface area contributed by atoms with E-state index in [2.05, 4.69) is 24.1 Å². The molecule has 1 aliphatic heterocycles. The second kappa shape index (κ2) is 6.53. The summed E-state index contributed by atoms with van der Waals surface area (Å²) in [5.41, 5.74) is 0.340. The van der Waals surface area contributed by atoms with Crippen molar-refractivity contribution in [1.82, 2.24) is 10.2 Å². The first-order chi connectivity index (χ1) is 9.01. The molecule has 3 N–H and O–H groups in total. The zero-order valence-electron chi connectivity index (χ0n) is 12.4. The molecule has 0 aromatic heterocycles. The molecule has 4 nitrogen and oxygen atoms in total. The number of β-amino-alcohol motifs (C(OH)–C–C–N with tert-alkyl or cyclic N) is 2. The highest BCUT2D eigenvalue weighted by Gasteiger charge is 2.38. The number of nitrogens with zero attached hydrogens (tertiary/aromatic N) is 1. The molecule has 0 bridgehead atoms. The number of nitrogens with one attached hydrogen (secondary N) is 1. The SMILES string of the molecule is CC(C)NCC1(CN2CC(O)C(O)C2)CCCCC1. The molecule has 112 valence electrons. The minimum Gasteiger partial charge on any atom is -0.389 e. The topological polar surface area (TPSA) is 55.7 Å². The molecular formula is C15H30N2O2. The van der Waals surface area contributed by atoms with Crippen molar-refractivity contribution in [3.8, 4) is 0 Å². The van der Waals surface area contributed by atoms with E-state index >= 15 is 0 Å². The third-order valence-electron chi connectivity index (χ3n) is 4.69. The Hall–Kier alpha value is -0.160. The van der Waals surface area contributed by atoms with Gasteiger partial charge in [-0.15, -0.1) is 0 Å². The zero-order chi connectivity index (χ0) is 13.9. The van der Waals surface area contributed by atoms with E-state index in [9.17, 15) is 10.2 Å². The van der Waals surface area contributed by atoms with Crippen molar-refractivity contribution < 1.29 is 10.2 Å². The molecule has 0 spiro atoms. The molecule has 1 heterocycles. The second-order valence-corrected chi connectivity index (χ2v) is 6.93. The maximum Gasteiger partial charge on any atom is 0.0938 e. The van der Waals surface area contributed by atoms with Crippen molar-refractivity contribution in [2.24, 2.45) is 5.41 Å². The monoisotopic (exact) mass is 270 g/mol. The van der Waals surface area contributed by atoms with Crippen molar-refractivity contribution in [2.75, 3.05) is 26.2 Å². The molecule has 0 radical (unpaired) electrons. The molecule has 2 unspecified atom stereocenters. The highest BCUT2D eigenvalue weighted by Crippen LogP contribution is 2.37. The third kappa shape index (κ3) is 4.15. The van der Waals surface area contributed by atoms with Crippen LogP contribution in [0.1, 0.15) is 46.0 Å². The summed E-state index contributed by atoms with van der Waals surface area (Å²) in [6.07, 6.45) is 5.43. The van der Waals surface area contributed by atoms with Crippen LogP contribution in [-0.4, -0.2) is 59.5 Å². The van der Waals surface area contributed by atoms with Crippen LogP contribution in [0.25, 0.3) is 0 Å². The van der Waals surface area contributed by atoms with Gasteiger partial charge in [-0.05, 0) is 18.3 Å². The Morgan fingerprint density at radius 1 is 1.11 bits per heavy atom. The number of aliphatic hydroxyl groups is 2. The van der Waals surface area contributed by atoms with Gasteiger partial charge in [0.15, 0.2) is 0 Å². The normalized spacial score (nSPS) is 32.1. The van der Waals surface area contributed by atoms with Crippen molar-refractivity contribution in [3.05, 3.63) is 0 Å². The number of rotatable bonds is 5. The molecule has 1 saturated carbocycles. The number of hydrogen-bond donors (Lipinski definition) is 3. The lowest BCUT2D eigenvalue weighted by Crippen LogP contribution is -2.46. The summed E-state index contributed by atoms with van der Waals surface area (Å²) < 4.78 is 0. The highest BCUT2D eigenvalue weighted by molar-refractivity contribution is 4.92. The van der Waals surface area contributed by atoms with Gasteiger partial charge in [0.2, 0.25) is 0 Å². The molecule has 2 fully saturated rings. The van der Waals surface area contributed by atoms with Gasteiger partial charge in [-0.3, -0.25) is 4.90 Å². The summed E-state index contributed by atoms with van der Waals surface area (Å²) in [5.74, 6) is 0. The van der Waals surface area contributed by atoms with Crippen LogP contribution in [0.15, 0.2) is 0 Å². The molecule has 4 heteroatoms. The minimum atomic E-state index is -0.557. The van der Waals surface area contributed by atoms with E-state index in [0.717, 1.165) is 13.1 Å². The average Bonchev–Trinajstić information content (AvgIpc) is 2.67. The van der Waals surface area contributed by atoms with Crippen LogP contribution in [0.4, 0.5) is 0 Å². The summed E-state index contributed by atoms with van der Waals surface area (Å²) >= 11 is 0. The highest BCUT2D eigenvalue weighted by atomic mass is 16.3. The largest absolute Gasteiger partial charge is 0.389 e. The Labute approximate surface area is 117 Å². The number of hydrogen-bond acceptors (Lipinski definition) is 4. The minimum absolute atomic E-state index is 0.340. The number of aliphatic hydroxyl groups excluding tert-OH is 2. The fourth-order valence-electron chi connectivity index (χ4n) is 3.56. The van der Waals surface area contributed by atoms with Crippen LogP contribution in [0.5, 0.6) is 0 Å². The lowest BCUT2D eigenvalue weighted by Gasteiger charge is -2.41. The van der Waals surface area contributed by atoms with Gasteiger partial charge in [-0.2, -0.15) is 0 Å². The Balaban J connectivity index is 1.93. The van der Waals surface area contributed by atoms with Gasteiger partial charge in [0.1, 0.15) is 0 Å². The Kier molecular flexibility index (Phi) is 5.23. The van der Waals surface area contributed by atoms with Crippen molar-refractivity contribution in [2.45, 2.75) is 64.2 Å². The van der Waals surface area contributed by atoms with E-state index in [-0.39, 0.29) is 0 Å². The molecule has 1 aliphatic carbocycles. The zero-order valence-corrected chi connectivity index (χ0v) is 12.4. The lowest BCUT2D eigenvalue weighted by atomic mass is 9.73. The molecule has 19 heavy (non-hydrogen) atoms. The summed E-state index contributed by atoms with van der Waals surface area (Å²) in [5, 5.41) is 23.0. The summed E-state index contributed by atoms with van der Waals surface area (Å²) in [6.45, 7) is 7.73. The second-order valence-electron chi connectivity index (χ2n) is 6.93. The quantitative estimate of drug-likeness (QED) is 0.697. The van der Waals surface area contributed by atoms with Gasteiger partial charge in [-0.25, -0.2) is 0 Å². The summed E-state index contributed by atoms with van der Waals surface area (Å²) in [4.78, 5) is 2.25. The first-order valence-corrected chi connectivity index (χ1v) is 7.83. The van der Waals surface area contributed by atoms with Crippen molar-refractivity contribution >= 4 is 0 Å². The van der Waals surface area contributed by atoms with Gasteiger partial charge >= 0.3 is 0 Å². The fraction of sp³-hybridized carbons (Fsp3) is 1.00. The average molecular weight is 270 g/mol. The van der Waals surface area contributed by atoms with E-state index < -0.39 is 12.2 Å². The van der Waals surface area contributed by atoms with Crippen LogP contribution in [0.2, 0.25) is 0 Å². The van der Waals surface area contributed by atoms with Crippen molar-refractivity contribution in [3.63, 3.8) is 0 Å². The summed E-state index contributed by atoms with van der Waals surface area (Å²) in [7, 11) is 0. The molecular weight excluding hydrogens is 240 g/mol. The standard InChI is InChI=1S/C15H30N2O2/c1-12(2)16-10-15(6-4-3-5-7-15)11-17-8-13(18)14(19)9-17/h12-14,16,18-19H,3-11H2,1-2H3. The van der Waals surface area contributed by atoms with Gasteiger partial charge in [0.25, 0.3) is 0 Å². The molecule has 2 atom stereocenters. The van der Waals surface area contributed by atoms with Crippen molar-refractivity contribution in [1.29, 1.82) is 0 Å². The Morgan fingerprint density at radius 3 is 2.21 bits per heavy atom. The molecule has 1 saturated heterocycles. The van der Waals surface area contributed by atoms with Gasteiger partial charge in [0, 0.05) is 32.2 Å². The van der Waals surface area contributed by atoms with E-state index in [1.807, 2.05) is 0 Å². The van der Waals surface area contributed by atoms with Crippen LogP contribution in [0.3, 0.4) is 0 Å². The first-order valence-electron chi connectivity index (χ1n) is 7.83. The number of likely N-dealkylation sites (tertiary alicyclic amines) is 1. The van der Waals surface area contributed by atoms with E-state index in [0.29, 0.717) is 24.5 Å². The van der Waals surface area contributed by atoms with Gasteiger partial charge in [-0.1, -0.05) is 33.1 Å². The smallest absolute Gasteiger partial charge is 0.0938 e. The molecule has 2 aliphatic rings. The first kappa shape index (κ1) is 15.2. The predicted molar refractivity (Wildman–Crippen MR) is 77.1 cm³/mol. The maximum absolute atomic E-state index is 9.69. The van der Waals surface area contributed by atoms with E-state index in [4.69, 9.17) is 0 Å². The predicted octanol–water partition coefficient (Wildman–Crippen LogP) is 0.972. The van der Waals surface area contributed by atoms with Gasteiger partial charge < -0.3 is 15.5 Å². The molecule has 0 aromatic carbocycles. The third-order valence-corrected chi connectivity index (χ3v) is 4.69. The maximum atomic E-state index is 9.69. The van der Waals surface area contributed by atoms with E-state index in [1.54, 1.807) is 0 Å². The molecule has 0 amide bonds. The Bertz CT molecular complexity index is 267. The van der Waals surface area contributed by atoms with E-state index in [1.165, 1.54) is 32.1 Å².